The van der Waals surface area contributed by atoms with Crippen LogP contribution in [0, 0.1) is 5.41 Å². The largest absolute Gasteiger partial charge is 0.381 e. The Balaban J connectivity index is 1.85. The number of hydrogen-bond donors (Lipinski definition) is 1. The zero-order valence-corrected chi connectivity index (χ0v) is 10.8. The molecule has 1 saturated heterocycles. The van der Waals surface area contributed by atoms with Crippen molar-refractivity contribution in [1.82, 2.24) is 10.2 Å². The summed E-state index contributed by atoms with van der Waals surface area (Å²) >= 11 is 0. The van der Waals surface area contributed by atoms with Gasteiger partial charge >= 0.3 is 0 Å². The van der Waals surface area contributed by atoms with Gasteiger partial charge in [-0.1, -0.05) is 13.3 Å². The summed E-state index contributed by atoms with van der Waals surface area (Å²) in [6, 6.07) is 0.846. The molecule has 0 aromatic carbocycles. The normalized spacial score (nSPS) is 30.9. The van der Waals surface area contributed by atoms with Crippen LogP contribution in [0.4, 0.5) is 0 Å². The first kappa shape index (κ1) is 12.3. The summed E-state index contributed by atoms with van der Waals surface area (Å²) < 4.78 is 5.62. The summed E-state index contributed by atoms with van der Waals surface area (Å²) in [6.07, 6.45) is 5.44. The lowest BCUT2D eigenvalue weighted by Gasteiger charge is -2.40. The summed E-state index contributed by atoms with van der Waals surface area (Å²) in [6.45, 7) is 7.44. The molecule has 0 radical (unpaired) electrons. The molecular weight excluding hydrogens is 200 g/mol. The summed E-state index contributed by atoms with van der Waals surface area (Å²) in [7, 11) is 2.29. The van der Waals surface area contributed by atoms with Gasteiger partial charge in [-0.25, -0.2) is 0 Å². The van der Waals surface area contributed by atoms with Gasteiger partial charge in [0, 0.05) is 31.2 Å². The predicted octanol–water partition coefficient (Wildman–Crippen LogP) is 1.49. The number of nitrogens with zero attached hydrogens (tertiary/aromatic N) is 1. The zero-order valence-electron chi connectivity index (χ0n) is 10.8. The van der Waals surface area contributed by atoms with E-state index < -0.39 is 0 Å². The molecule has 0 bridgehead atoms. The lowest BCUT2D eigenvalue weighted by atomic mass is 9.84. The molecule has 16 heavy (non-hydrogen) atoms. The molecule has 1 heterocycles. The number of nitrogens with one attached hydrogen (secondary N) is 1. The van der Waals surface area contributed by atoms with Crippen LogP contribution < -0.4 is 5.32 Å². The van der Waals surface area contributed by atoms with Crippen molar-refractivity contribution in [3.05, 3.63) is 0 Å². The van der Waals surface area contributed by atoms with E-state index in [1.165, 1.54) is 32.2 Å². The van der Waals surface area contributed by atoms with E-state index in [1.54, 1.807) is 0 Å². The van der Waals surface area contributed by atoms with E-state index >= 15 is 0 Å². The minimum Gasteiger partial charge on any atom is -0.381 e. The second-order valence-corrected chi connectivity index (χ2v) is 5.58. The van der Waals surface area contributed by atoms with E-state index in [2.05, 4.69) is 24.2 Å². The molecule has 0 spiro atoms. The minimum absolute atomic E-state index is 0.375. The average molecular weight is 226 g/mol. The monoisotopic (exact) mass is 226 g/mol. The van der Waals surface area contributed by atoms with Gasteiger partial charge in [0.1, 0.15) is 0 Å². The standard InChI is InChI=1S/C13H26N2O/c1-3-14-9-13(7-8-16-11-13)10-15(2)12-5-4-6-12/h12,14H,3-11H2,1-2H3. The highest BCUT2D eigenvalue weighted by Gasteiger charge is 2.37. The first-order valence-electron chi connectivity index (χ1n) is 6.74. The molecule has 94 valence electrons. The molecule has 1 saturated carbocycles. The minimum atomic E-state index is 0.375. The maximum atomic E-state index is 5.62. The summed E-state index contributed by atoms with van der Waals surface area (Å²) in [5.74, 6) is 0. The van der Waals surface area contributed by atoms with Crippen LogP contribution in [0.1, 0.15) is 32.6 Å². The molecule has 2 rings (SSSR count). The fourth-order valence-electron chi connectivity index (χ4n) is 2.85. The Bertz CT molecular complexity index is 210. The number of hydrogen-bond acceptors (Lipinski definition) is 3. The van der Waals surface area contributed by atoms with Crippen LogP contribution in [0.3, 0.4) is 0 Å². The molecular formula is C13H26N2O. The van der Waals surface area contributed by atoms with Gasteiger partial charge in [0.25, 0.3) is 0 Å². The molecule has 3 heteroatoms. The van der Waals surface area contributed by atoms with Crippen LogP contribution in [-0.4, -0.2) is 50.8 Å². The van der Waals surface area contributed by atoms with Crippen molar-refractivity contribution in [1.29, 1.82) is 0 Å². The third-order valence-corrected chi connectivity index (χ3v) is 4.22. The van der Waals surface area contributed by atoms with Crippen LogP contribution in [0.15, 0.2) is 0 Å². The molecule has 1 aliphatic heterocycles. The van der Waals surface area contributed by atoms with Gasteiger partial charge < -0.3 is 15.0 Å². The second-order valence-electron chi connectivity index (χ2n) is 5.58. The SMILES string of the molecule is CCNCC1(CN(C)C2CCC2)CCOC1. The number of ether oxygens (including phenoxy) is 1. The van der Waals surface area contributed by atoms with Crippen LogP contribution in [0.5, 0.6) is 0 Å². The van der Waals surface area contributed by atoms with Crippen molar-refractivity contribution in [2.24, 2.45) is 5.41 Å². The Hall–Kier alpha value is -0.120. The molecule has 2 fully saturated rings. The maximum absolute atomic E-state index is 5.62. The molecule has 0 aromatic rings. The van der Waals surface area contributed by atoms with Crippen molar-refractivity contribution in [2.45, 2.75) is 38.6 Å². The highest BCUT2D eigenvalue weighted by molar-refractivity contribution is 4.90. The predicted molar refractivity (Wildman–Crippen MR) is 66.7 cm³/mol. The molecule has 0 aromatic heterocycles. The van der Waals surface area contributed by atoms with Gasteiger partial charge in [-0.2, -0.15) is 0 Å². The van der Waals surface area contributed by atoms with Gasteiger partial charge in [-0.15, -0.1) is 0 Å². The topological polar surface area (TPSA) is 24.5 Å². The van der Waals surface area contributed by atoms with E-state index in [9.17, 15) is 0 Å². The molecule has 3 nitrogen and oxygen atoms in total. The van der Waals surface area contributed by atoms with E-state index in [0.29, 0.717) is 5.41 Å². The third-order valence-electron chi connectivity index (χ3n) is 4.22. The molecule has 0 amide bonds. The van der Waals surface area contributed by atoms with Crippen molar-refractivity contribution < 1.29 is 4.74 Å². The molecule has 2 aliphatic rings. The van der Waals surface area contributed by atoms with E-state index in [0.717, 1.165) is 32.3 Å². The Morgan fingerprint density at radius 2 is 2.25 bits per heavy atom. The molecule has 1 N–H and O–H groups in total. The van der Waals surface area contributed by atoms with Crippen LogP contribution in [0.25, 0.3) is 0 Å². The third kappa shape index (κ3) is 2.76. The maximum Gasteiger partial charge on any atom is 0.0547 e. The van der Waals surface area contributed by atoms with Gasteiger partial charge in [0.2, 0.25) is 0 Å². The smallest absolute Gasteiger partial charge is 0.0547 e. The molecule has 1 atom stereocenters. The van der Waals surface area contributed by atoms with Gasteiger partial charge in [-0.05, 0) is 32.9 Å². The second kappa shape index (κ2) is 5.48. The van der Waals surface area contributed by atoms with E-state index in [4.69, 9.17) is 4.74 Å². The average Bonchev–Trinajstić information content (AvgIpc) is 2.61. The fourth-order valence-corrected chi connectivity index (χ4v) is 2.85. The molecule has 1 aliphatic carbocycles. The highest BCUT2D eigenvalue weighted by Crippen LogP contribution is 2.32. The van der Waals surface area contributed by atoms with E-state index in [-0.39, 0.29) is 0 Å². The first-order chi connectivity index (χ1) is 7.76. The summed E-state index contributed by atoms with van der Waals surface area (Å²) in [4.78, 5) is 2.57. The van der Waals surface area contributed by atoms with Crippen LogP contribution in [-0.2, 0) is 4.74 Å². The summed E-state index contributed by atoms with van der Waals surface area (Å²) in [5.41, 5.74) is 0.375. The van der Waals surface area contributed by atoms with Gasteiger partial charge in [-0.3, -0.25) is 0 Å². The molecule has 1 unspecified atom stereocenters. The van der Waals surface area contributed by atoms with Crippen molar-refractivity contribution >= 4 is 0 Å². The van der Waals surface area contributed by atoms with Crippen molar-refractivity contribution in [2.75, 3.05) is 39.9 Å². The van der Waals surface area contributed by atoms with Gasteiger partial charge in [0.15, 0.2) is 0 Å². The fraction of sp³-hybridized carbons (Fsp3) is 1.00. The number of rotatable bonds is 6. The first-order valence-corrected chi connectivity index (χ1v) is 6.74. The Labute approximate surface area is 99.5 Å². The summed E-state index contributed by atoms with van der Waals surface area (Å²) in [5, 5.41) is 3.50. The quantitative estimate of drug-likeness (QED) is 0.742. The lowest BCUT2D eigenvalue weighted by molar-refractivity contribution is 0.0763. The van der Waals surface area contributed by atoms with Crippen LogP contribution >= 0.6 is 0 Å². The van der Waals surface area contributed by atoms with E-state index in [1.807, 2.05) is 0 Å². The zero-order chi connectivity index (χ0) is 11.4. The van der Waals surface area contributed by atoms with Crippen molar-refractivity contribution in [3.8, 4) is 0 Å². The Kier molecular flexibility index (Phi) is 4.22. The Morgan fingerprint density at radius 3 is 2.75 bits per heavy atom. The highest BCUT2D eigenvalue weighted by atomic mass is 16.5. The van der Waals surface area contributed by atoms with Crippen molar-refractivity contribution in [3.63, 3.8) is 0 Å². The Morgan fingerprint density at radius 1 is 1.44 bits per heavy atom. The lowest BCUT2D eigenvalue weighted by Crippen LogP contribution is -2.48. The van der Waals surface area contributed by atoms with Crippen LogP contribution in [0.2, 0.25) is 0 Å². The van der Waals surface area contributed by atoms with Gasteiger partial charge in [0.05, 0.1) is 6.61 Å².